The van der Waals surface area contributed by atoms with Gasteiger partial charge in [0.1, 0.15) is 0 Å². The van der Waals surface area contributed by atoms with E-state index in [1.165, 1.54) is 6.92 Å². The SMILES string of the molecule is CC(=O)N1c2ccccc2[C@]2(C)OC(=O)C[C@]12C. The van der Waals surface area contributed by atoms with E-state index >= 15 is 0 Å². The van der Waals surface area contributed by atoms with E-state index in [4.69, 9.17) is 4.74 Å². The van der Waals surface area contributed by atoms with E-state index in [1.807, 2.05) is 38.1 Å². The summed E-state index contributed by atoms with van der Waals surface area (Å²) in [5.41, 5.74) is 0.391. The van der Waals surface area contributed by atoms with Gasteiger partial charge in [-0.15, -0.1) is 0 Å². The van der Waals surface area contributed by atoms with Crippen LogP contribution in [0, 0.1) is 0 Å². The lowest BCUT2D eigenvalue weighted by Gasteiger charge is -2.37. The van der Waals surface area contributed by atoms with Crippen LogP contribution in [0.25, 0.3) is 0 Å². The van der Waals surface area contributed by atoms with Crippen LogP contribution in [-0.2, 0) is 19.9 Å². The second kappa shape index (κ2) is 3.13. The Balaban J connectivity index is 2.30. The third-order valence-corrected chi connectivity index (χ3v) is 4.30. The summed E-state index contributed by atoms with van der Waals surface area (Å²) >= 11 is 0. The maximum Gasteiger partial charge on any atom is 0.309 e. The van der Waals surface area contributed by atoms with E-state index in [1.54, 1.807) is 4.90 Å². The topological polar surface area (TPSA) is 46.6 Å². The normalized spacial score (nSPS) is 33.1. The zero-order valence-corrected chi connectivity index (χ0v) is 10.7. The number of benzene rings is 1. The van der Waals surface area contributed by atoms with Gasteiger partial charge in [-0.1, -0.05) is 18.2 Å². The quantitative estimate of drug-likeness (QED) is 0.656. The number of rotatable bonds is 0. The molecule has 1 fully saturated rings. The van der Waals surface area contributed by atoms with Crippen LogP contribution in [0.1, 0.15) is 32.8 Å². The Bertz CT molecular complexity index is 568. The Morgan fingerprint density at radius 2 is 2.00 bits per heavy atom. The first-order valence-corrected chi connectivity index (χ1v) is 6.02. The molecule has 4 nitrogen and oxygen atoms in total. The number of carbonyl (C=O) groups excluding carboxylic acids is 2. The molecule has 1 saturated heterocycles. The Morgan fingerprint density at radius 1 is 1.33 bits per heavy atom. The molecule has 0 aromatic heterocycles. The molecule has 4 heteroatoms. The number of para-hydroxylation sites is 1. The fraction of sp³-hybridized carbons (Fsp3) is 0.429. The van der Waals surface area contributed by atoms with Crippen LogP contribution in [0.5, 0.6) is 0 Å². The van der Waals surface area contributed by atoms with Gasteiger partial charge in [-0.05, 0) is 19.9 Å². The van der Waals surface area contributed by atoms with Gasteiger partial charge in [0.15, 0.2) is 5.60 Å². The van der Waals surface area contributed by atoms with Gasteiger partial charge in [0, 0.05) is 12.5 Å². The van der Waals surface area contributed by atoms with E-state index in [0.717, 1.165) is 11.3 Å². The lowest BCUT2D eigenvalue weighted by molar-refractivity contribution is -0.148. The van der Waals surface area contributed by atoms with Crippen molar-refractivity contribution in [2.75, 3.05) is 4.90 Å². The average molecular weight is 245 g/mol. The first-order chi connectivity index (χ1) is 8.40. The molecule has 18 heavy (non-hydrogen) atoms. The molecule has 1 amide bonds. The van der Waals surface area contributed by atoms with Crippen molar-refractivity contribution in [3.05, 3.63) is 29.8 Å². The van der Waals surface area contributed by atoms with Gasteiger partial charge in [-0.25, -0.2) is 0 Å². The number of hydrogen-bond acceptors (Lipinski definition) is 3. The molecule has 0 N–H and O–H groups in total. The molecular weight excluding hydrogens is 230 g/mol. The Morgan fingerprint density at radius 3 is 2.67 bits per heavy atom. The highest BCUT2D eigenvalue weighted by Gasteiger charge is 2.65. The van der Waals surface area contributed by atoms with Crippen LogP contribution in [0.3, 0.4) is 0 Å². The predicted octanol–water partition coefficient (Wildman–Crippen LogP) is 1.97. The van der Waals surface area contributed by atoms with Gasteiger partial charge in [-0.3, -0.25) is 9.59 Å². The highest BCUT2D eigenvalue weighted by atomic mass is 16.6. The molecule has 3 rings (SSSR count). The third-order valence-electron chi connectivity index (χ3n) is 4.30. The average Bonchev–Trinajstić information content (AvgIpc) is 2.59. The number of anilines is 1. The Labute approximate surface area is 106 Å². The molecule has 0 aliphatic carbocycles. The van der Waals surface area contributed by atoms with E-state index in [9.17, 15) is 9.59 Å². The number of carbonyl (C=O) groups is 2. The summed E-state index contributed by atoms with van der Waals surface area (Å²) in [6.45, 7) is 5.33. The van der Waals surface area contributed by atoms with Gasteiger partial charge >= 0.3 is 5.97 Å². The molecule has 0 unspecified atom stereocenters. The van der Waals surface area contributed by atoms with Crippen LogP contribution in [-0.4, -0.2) is 17.4 Å². The fourth-order valence-corrected chi connectivity index (χ4v) is 3.32. The van der Waals surface area contributed by atoms with E-state index < -0.39 is 11.1 Å². The molecule has 1 aromatic rings. The van der Waals surface area contributed by atoms with E-state index in [2.05, 4.69) is 0 Å². The summed E-state index contributed by atoms with van der Waals surface area (Å²) in [4.78, 5) is 25.4. The summed E-state index contributed by atoms with van der Waals surface area (Å²) in [5.74, 6) is -0.312. The first-order valence-electron chi connectivity index (χ1n) is 6.02. The van der Waals surface area contributed by atoms with Crippen LogP contribution in [0.4, 0.5) is 5.69 Å². The summed E-state index contributed by atoms with van der Waals surface area (Å²) < 4.78 is 5.55. The summed E-state index contributed by atoms with van der Waals surface area (Å²) in [7, 11) is 0. The second-order valence-electron chi connectivity index (χ2n) is 5.33. The second-order valence-corrected chi connectivity index (χ2v) is 5.33. The van der Waals surface area contributed by atoms with Crippen molar-refractivity contribution in [2.45, 2.75) is 38.3 Å². The van der Waals surface area contributed by atoms with E-state index in [-0.39, 0.29) is 18.3 Å². The van der Waals surface area contributed by atoms with E-state index in [0.29, 0.717) is 0 Å². The van der Waals surface area contributed by atoms with Gasteiger partial charge < -0.3 is 9.64 Å². The highest BCUT2D eigenvalue weighted by Crippen LogP contribution is 2.57. The smallest absolute Gasteiger partial charge is 0.309 e. The first kappa shape index (κ1) is 11.3. The highest BCUT2D eigenvalue weighted by molar-refractivity contribution is 5.99. The molecule has 0 radical (unpaired) electrons. The van der Waals surface area contributed by atoms with Gasteiger partial charge in [0.05, 0.1) is 17.6 Å². The number of esters is 1. The Kier molecular flexibility index (Phi) is 1.96. The summed E-state index contributed by atoms with van der Waals surface area (Å²) in [5, 5.41) is 0. The van der Waals surface area contributed by atoms with Crippen LogP contribution in [0.2, 0.25) is 0 Å². The minimum absolute atomic E-state index is 0.0630. The standard InChI is InChI=1S/C14H15NO3/c1-9(16)15-11-7-5-4-6-10(11)14(3)13(15,2)8-12(17)18-14/h4-7H,8H2,1-3H3/t13-,14-/m0/s1. The number of hydrogen-bond donors (Lipinski definition) is 0. The third kappa shape index (κ3) is 1.06. The van der Waals surface area contributed by atoms with Crippen LogP contribution in [0.15, 0.2) is 24.3 Å². The predicted molar refractivity (Wildman–Crippen MR) is 66.1 cm³/mol. The molecule has 0 bridgehead atoms. The van der Waals surface area contributed by atoms with Crippen molar-refractivity contribution < 1.29 is 14.3 Å². The largest absolute Gasteiger partial charge is 0.452 e. The zero-order chi connectivity index (χ0) is 13.1. The molecule has 2 aliphatic heterocycles. The monoisotopic (exact) mass is 245 g/mol. The minimum atomic E-state index is -0.744. The molecule has 1 aromatic carbocycles. The fourth-order valence-electron chi connectivity index (χ4n) is 3.32. The van der Waals surface area contributed by atoms with Gasteiger partial charge in [0.2, 0.25) is 5.91 Å². The summed E-state index contributed by atoms with van der Waals surface area (Å²) in [6.07, 6.45) is 0.234. The van der Waals surface area contributed by atoms with Crippen molar-refractivity contribution in [3.63, 3.8) is 0 Å². The van der Waals surface area contributed by atoms with Gasteiger partial charge in [-0.2, -0.15) is 0 Å². The van der Waals surface area contributed by atoms with Crippen molar-refractivity contribution in [1.82, 2.24) is 0 Å². The summed E-state index contributed by atoms with van der Waals surface area (Å²) in [6, 6.07) is 7.62. The van der Waals surface area contributed by atoms with Crippen molar-refractivity contribution in [2.24, 2.45) is 0 Å². The number of ether oxygens (including phenoxy) is 1. The van der Waals surface area contributed by atoms with Crippen LogP contribution >= 0.6 is 0 Å². The molecule has 0 saturated carbocycles. The molecule has 2 heterocycles. The molecule has 0 spiro atoms. The Hall–Kier alpha value is -1.84. The maximum atomic E-state index is 12.0. The van der Waals surface area contributed by atoms with Crippen LogP contribution < -0.4 is 4.90 Å². The minimum Gasteiger partial charge on any atom is -0.452 e. The maximum absolute atomic E-state index is 12.0. The van der Waals surface area contributed by atoms with Crippen molar-refractivity contribution >= 4 is 17.6 Å². The number of amides is 1. The molecular formula is C14H15NO3. The molecule has 2 aliphatic rings. The molecule has 94 valence electrons. The van der Waals surface area contributed by atoms with Gasteiger partial charge in [0.25, 0.3) is 0 Å². The lowest BCUT2D eigenvalue weighted by atomic mass is 9.80. The lowest BCUT2D eigenvalue weighted by Crippen LogP contribution is -2.53. The van der Waals surface area contributed by atoms with Crippen molar-refractivity contribution in [1.29, 1.82) is 0 Å². The number of fused-ring (bicyclic) bond motifs is 3. The van der Waals surface area contributed by atoms with Crippen molar-refractivity contribution in [3.8, 4) is 0 Å². The number of nitrogens with zero attached hydrogens (tertiary/aromatic N) is 1. The zero-order valence-electron chi connectivity index (χ0n) is 10.7. The molecule has 2 atom stereocenters.